The van der Waals surface area contributed by atoms with Crippen LogP contribution in [0.1, 0.15) is 54.7 Å². The van der Waals surface area contributed by atoms with Gasteiger partial charge in [0.25, 0.3) is 0 Å². The van der Waals surface area contributed by atoms with Crippen LogP contribution in [0, 0.1) is 6.92 Å². The van der Waals surface area contributed by atoms with E-state index >= 15 is 0 Å². The fourth-order valence-corrected chi connectivity index (χ4v) is 2.97. The highest BCUT2D eigenvalue weighted by Crippen LogP contribution is 2.38. The minimum absolute atomic E-state index is 0.00106. The zero-order valence-corrected chi connectivity index (χ0v) is 13.0. The van der Waals surface area contributed by atoms with Gasteiger partial charge in [0.1, 0.15) is 17.1 Å². The predicted octanol–water partition coefficient (Wildman–Crippen LogP) is 2.36. The molecule has 0 saturated carbocycles. The lowest BCUT2D eigenvalue weighted by molar-refractivity contribution is 0.0522. The second kappa shape index (κ2) is 5.49. The summed E-state index contributed by atoms with van der Waals surface area (Å²) < 4.78 is 4.89. The normalized spacial score (nSPS) is 12.6. The number of hydrogen-bond donors (Lipinski definition) is 2. The van der Waals surface area contributed by atoms with Crippen LogP contribution in [0.5, 0.6) is 11.5 Å². The highest BCUT2D eigenvalue weighted by atomic mass is 16.5. The van der Waals surface area contributed by atoms with E-state index in [1.165, 1.54) is 25.1 Å². The third-order valence-electron chi connectivity index (χ3n) is 4.02. The van der Waals surface area contributed by atoms with Crippen molar-refractivity contribution in [3.8, 4) is 11.5 Å². The number of ether oxygens (including phenoxy) is 1. The average molecular weight is 326 g/mol. The summed E-state index contributed by atoms with van der Waals surface area (Å²) in [5.41, 5.74) is -0.0453. The summed E-state index contributed by atoms with van der Waals surface area (Å²) in [6.45, 7) is 3.18. The van der Waals surface area contributed by atoms with E-state index in [4.69, 9.17) is 4.74 Å². The van der Waals surface area contributed by atoms with Crippen molar-refractivity contribution in [2.45, 2.75) is 13.8 Å². The van der Waals surface area contributed by atoms with E-state index < -0.39 is 23.3 Å². The maximum absolute atomic E-state index is 12.8. The Labute approximate surface area is 137 Å². The van der Waals surface area contributed by atoms with Gasteiger partial charge in [-0.1, -0.05) is 12.1 Å². The second-order valence-corrected chi connectivity index (χ2v) is 5.40. The van der Waals surface area contributed by atoms with Crippen LogP contribution in [-0.2, 0) is 4.74 Å². The van der Waals surface area contributed by atoms with Gasteiger partial charge in [-0.3, -0.25) is 9.59 Å². The molecule has 0 saturated heterocycles. The SMILES string of the molecule is CCOC(=O)c1c(O)cc2c(c1C)C(=O)c1c(O)cccc1C2=O. The van der Waals surface area contributed by atoms with E-state index in [2.05, 4.69) is 0 Å². The number of esters is 1. The van der Waals surface area contributed by atoms with Crippen molar-refractivity contribution in [2.75, 3.05) is 6.61 Å². The second-order valence-electron chi connectivity index (χ2n) is 5.40. The molecule has 0 aromatic heterocycles. The van der Waals surface area contributed by atoms with E-state index in [0.29, 0.717) is 0 Å². The predicted molar refractivity (Wildman–Crippen MR) is 83.8 cm³/mol. The molecule has 0 heterocycles. The Morgan fingerprint density at radius 3 is 2.42 bits per heavy atom. The van der Waals surface area contributed by atoms with Crippen molar-refractivity contribution in [3.05, 3.63) is 57.6 Å². The first-order valence-electron chi connectivity index (χ1n) is 7.33. The van der Waals surface area contributed by atoms with Gasteiger partial charge in [-0.15, -0.1) is 0 Å². The number of rotatable bonds is 2. The smallest absolute Gasteiger partial charge is 0.342 e. The van der Waals surface area contributed by atoms with Gasteiger partial charge < -0.3 is 14.9 Å². The maximum atomic E-state index is 12.8. The van der Waals surface area contributed by atoms with E-state index in [9.17, 15) is 24.6 Å². The van der Waals surface area contributed by atoms with Gasteiger partial charge in [0, 0.05) is 16.7 Å². The third kappa shape index (κ3) is 2.07. The van der Waals surface area contributed by atoms with Crippen molar-refractivity contribution < 1.29 is 29.3 Å². The number of ketones is 2. The highest BCUT2D eigenvalue weighted by Gasteiger charge is 2.36. The molecule has 0 bridgehead atoms. The quantitative estimate of drug-likeness (QED) is 0.701. The van der Waals surface area contributed by atoms with Crippen LogP contribution in [0.2, 0.25) is 0 Å². The van der Waals surface area contributed by atoms with E-state index in [0.717, 1.165) is 6.07 Å². The summed E-state index contributed by atoms with van der Waals surface area (Å²) in [6.07, 6.45) is 0. The molecule has 2 aromatic carbocycles. The summed E-state index contributed by atoms with van der Waals surface area (Å²) in [4.78, 5) is 37.5. The minimum Gasteiger partial charge on any atom is -0.507 e. The monoisotopic (exact) mass is 326 g/mol. The molecule has 0 atom stereocenters. The number of carbonyl (C=O) groups is 3. The average Bonchev–Trinajstić information content (AvgIpc) is 2.52. The molecule has 1 aliphatic rings. The van der Waals surface area contributed by atoms with Gasteiger partial charge >= 0.3 is 5.97 Å². The molecule has 122 valence electrons. The van der Waals surface area contributed by atoms with Crippen molar-refractivity contribution >= 4 is 17.5 Å². The Morgan fingerprint density at radius 1 is 1.04 bits per heavy atom. The van der Waals surface area contributed by atoms with Crippen molar-refractivity contribution in [1.82, 2.24) is 0 Å². The molecule has 0 fully saturated rings. The topological polar surface area (TPSA) is 101 Å². The Bertz CT molecular complexity index is 910. The van der Waals surface area contributed by atoms with Gasteiger partial charge in [-0.25, -0.2) is 4.79 Å². The van der Waals surface area contributed by atoms with E-state index in [1.54, 1.807) is 6.92 Å². The largest absolute Gasteiger partial charge is 0.507 e. The lowest BCUT2D eigenvalue weighted by Crippen LogP contribution is -2.24. The number of phenolic OH excluding ortho intramolecular Hbond substituents is 2. The number of fused-ring (bicyclic) bond motifs is 2. The summed E-state index contributed by atoms with van der Waals surface area (Å²) in [7, 11) is 0. The zero-order chi connectivity index (χ0) is 17.6. The Kier molecular flexibility index (Phi) is 3.60. The van der Waals surface area contributed by atoms with Gasteiger partial charge in [-0.05, 0) is 31.5 Å². The molecule has 6 nitrogen and oxygen atoms in total. The third-order valence-corrected chi connectivity index (χ3v) is 4.02. The number of aromatic hydroxyl groups is 2. The molecule has 2 N–H and O–H groups in total. The van der Waals surface area contributed by atoms with Crippen LogP contribution in [0.3, 0.4) is 0 Å². The van der Waals surface area contributed by atoms with Crippen molar-refractivity contribution in [1.29, 1.82) is 0 Å². The number of phenols is 2. The standard InChI is InChI=1S/C18H14O6/c1-3-24-18(23)14-8(2)13-10(7-12(14)20)16(21)9-5-4-6-11(19)15(9)17(13)22/h4-7,19-20H,3H2,1-2H3. The summed E-state index contributed by atoms with van der Waals surface area (Å²) >= 11 is 0. The molecule has 3 rings (SSSR count). The number of benzene rings is 2. The Balaban J connectivity index is 2.31. The van der Waals surface area contributed by atoms with Crippen LogP contribution in [0.25, 0.3) is 0 Å². The van der Waals surface area contributed by atoms with E-state index in [1.807, 2.05) is 0 Å². The van der Waals surface area contributed by atoms with Gasteiger partial charge in [0.15, 0.2) is 11.6 Å². The van der Waals surface area contributed by atoms with Crippen LogP contribution >= 0.6 is 0 Å². The molecular weight excluding hydrogens is 312 g/mol. The van der Waals surface area contributed by atoms with Gasteiger partial charge in [0.2, 0.25) is 0 Å². The number of carbonyl (C=O) groups excluding carboxylic acids is 3. The summed E-state index contributed by atoms with van der Waals surface area (Å²) in [6, 6.07) is 5.31. The van der Waals surface area contributed by atoms with Crippen molar-refractivity contribution in [2.24, 2.45) is 0 Å². The fourth-order valence-electron chi connectivity index (χ4n) is 2.97. The first-order chi connectivity index (χ1) is 11.4. The highest BCUT2D eigenvalue weighted by molar-refractivity contribution is 6.30. The molecule has 2 aromatic rings. The Hall–Kier alpha value is -3.15. The fraction of sp³-hybridized carbons (Fsp3) is 0.167. The molecule has 24 heavy (non-hydrogen) atoms. The molecule has 0 amide bonds. The first-order valence-corrected chi connectivity index (χ1v) is 7.33. The molecule has 0 unspecified atom stereocenters. The molecule has 0 spiro atoms. The minimum atomic E-state index is -0.779. The van der Waals surface area contributed by atoms with Crippen LogP contribution in [-0.4, -0.2) is 34.4 Å². The summed E-state index contributed by atoms with van der Waals surface area (Å²) in [5.74, 6) is -2.57. The molecule has 1 aliphatic carbocycles. The van der Waals surface area contributed by atoms with Gasteiger partial charge in [-0.2, -0.15) is 0 Å². The zero-order valence-electron chi connectivity index (χ0n) is 13.0. The molecule has 6 heteroatoms. The first kappa shape index (κ1) is 15.7. The lowest BCUT2D eigenvalue weighted by Gasteiger charge is -2.21. The maximum Gasteiger partial charge on any atom is 0.342 e. The molecule has 0 aliphatic heterocycles. The van der Waals surface area contributed by atoms with Crippen LogP contribution < -0.4 is 0 Å². The lowest BCUT2D eigenvalue weighted by atomic mass is 9.80. The van der Waals surface area contributed by atoms with Gasteiger partial charge in [0.05, 0.1) is 12.2 Å². The summed E-state index contributed by atoms with van der Waals surface area (Å²) in [5, 5.41) is 20.1. The van der Waals surface area contributed by atoms with Crippen LogP contribution in [0.4, 0.5) is 0 Å². The Morgan fingerprint density at radius 2 is 1.75 bits per heavy atom. The van der Waals surface area contributed by atoms with E-state index in [-0.39, 0.29) is 45.7 Å². The van der Waals surface area contributed by atoms with Crippen molar-refractivity contribution in [3.63, 3.8) is 0 Å². The molecular formula is C18H14O6. The van der Waals surface area contributed by atoms with Crippen LogP contribution in [0.15, 0.2) is 24.3 Å². The number of hydrogen-bond acceptors (Lipinski definition) is 6. The molecule has 0 radical (unpaired) electrons.